The largest absolute Gasteiger partial charge is 0.497 e. The minimum atomic E-state index is -0.374. The van der Waals surface area contributed by atoms with Crippen LogP contribution in [0.5, 0.6) is 5.75 Å². The van der Waals surface area contributed by atoms with Crippen LogP contribution in [0.15, 0.2) is 59.8 Å². The number of halogens is 1. The van der Waals surface area contributed by atoms with Gasteiger partial charge in [-0.2, -0.15) is 0 Å². The van der Waals surface area contributed by atoms with Gasteiger partial charge in [-0.05, 0) is 61.9 Å². The highest BCUT2D eigenvalue weighted by molar-refractivity contribution is 7.98. The normalized spacial score (nSPS) is 10.8. The van der Waals surface area contributed by atoms with Crippen molar-refractivity contribution < 1.29 is 13.9 Å². The average molecular weight is 479 g/mol. The number of rotatable bonds is 8. The standard InChI is InChI=1S/C24H23FN6O2S/c1-15-12-16(2)28-24(27-15)34-14-21-22(23(32)26-13-17-4-6-18(25)7-5-17)29-30-31(21)19-8-10-20(33-3)11-9-19/h4-12H,13-14H2,1-3H3,(H,26,32). The third kappa shape index (κ3) is 5.57. The number of benzene rings is 2. The van der Waals surface area contributed by atoms with E-state index in [9.17, 15) is 9.18 Å². The first-order valence-electron chi connectivity index (χ1n) is 10.5. The summed E-state index contributed by atoms with van der Waals surface area (Å²) in [6.45, 7) is 4.06. The molecular formula is C24H23FN6O2S. The molecule has 0 saturated heterocycles. The molecule has 34 heavy (non-hydrogen) atoms. The molecule has 10 heteroatoms. The van der Waals surface area contributed by atoms with Crippen LogP contribution >= 0.6 is 11.8 Å². The number of aromatic nitrogens is 5. The van der Waals surface area contributed by atoms with Crippen LogP contribution in [0.1, 0.15) is 33.1 Å². The van der Waals surface area contributed by atoms with E-state index in [2.05, 4.69) is 25.6 Å². The summed E-state index contributed by atoms with van der Waals surface area (Å²) in [5.41, 5.74) is 4.06. The van der Waals surface area contributed by atoms with E-state index in [4.69, 9.17) is 4.74 Å². The maximum absolute atomic E-state index is 13.2. The van der Waals surface area contributed by atoms with Crippen molar-refractivity contribution in [3.63, 3.8) is 0 Å². The number of carbonyl (C=O) groups excluding carboxylic acids is 1. The highest BCUT2D eigenvalue weighted by atomic mass is 32.2. The van der Waals surface area contributed by atoms with E-state index >= 15 is 0 Å². The van der Waals surface area contributed by atoms with Gasteiger partial charge in [-0.1, -0.05) is 29.1 Å². The lowest BCUT2D eigenvalue weighted by Crippen LogP contribution is -2.24. The molecule has 0 spiro atoms. The Kier molecular flexibility index (Phi) is 7.17. The molecule has 0 atom stereocenters. The lowest BCUT2D eigenvalue weighted by Gasteiger charge is -2.09. The van der Waals surface area contributed by atoms with Gasteiger partial charge in [0.1, 0.15) is 11.6 Å². The van der Waals surface area contributed by atoms with Crippen LogP contribution in [0.25, 0.3) is 5.69 Å². The van der Waals surface area contributed by atoms with Gasteiger partial charge in [-0.15, -0.1) is 5.10 Å². The molecule has 8 nitrogen and oxygen atoms in total. The Morgan fingerprint density at radius 3 is 2.38 bits per heavy atom. The maximum Gasteiger partial charge on any atom is 0.274 e. The monoisotopic (exact) mass is 478 g/mol. The summed E-state index contributed by atoms with van der Waals surface area (Å²) in [4.78, 5) is 21.9. The fourth-order valence-corrected chi connectivity index (χ4v) is 4.24. The van der Waals surface area contributed by atoms with E-state index in [1.807, 2.05) is 44.2 Å². The molecule has 0 radical (unpaired) electrons. The SMILES string of the molecule is COc1ccc(-n2nnc(C(=O)NCc3ccc(F)cc3)c2CSc2nc(C)cc(C)n2)cc1. The molecule has 0 fully saturated rings. The molecular weight excluding hydrogens is 455 g/mol. The van der Waals surface area contributed by atoms with Gasteiger partial charge in [-0.3, -0.25) is 4.79 Å². The predicted molar refractivity (Wildman–Crippen MR) is 127 cm³/mol. The summed E-state index contributed by atoms with van der Waals surface area (Å²) in [5.74, 6) is 0.383. The van der Waals surface area contributed by atoms with Crippen molar-refractivity contribution in [2.24, 2.45) is 0 Å². The number of ether oxygens (including phenoxy) is 1. The first kappa shape index (κ1) is 23.4. The van der Waals surface area contributed by atoms with Crippen LogP contribution in [0.3, 0.4) is 0 Å². The zero-order valence-electron chi connectivity index (χ0n) is 18.9. The van der Waals surface area contributed by atoms with Gasteiger partial charge in [0, 0.05) is 23.7 Å². The van der Waals surface area contributed by atoms with Crippen molar-refractivity contribution in [1.82, 2.24) is 30.3 Å². The lowest BCUT2D eigenvalue weighted by atomic mass is 10.2. The average Bonchev–Trinajstić information content (AvgIpc) is 3.25. The maximum atomic E-state index is 13.2. The third-order valence-electron chi connectivity index (χ3n) is 4.96. The van der Waals surface area contributed by atoms with Gasteiger partial charge in [-0.25, -0.2) is 19.0 Å². The molecule has 0 aliphatic rings. The summed E-state index contributed by atoms with van der Waals surface area (Å²) < 4.78 is 20.0. The fourth-order valence-electron chi connectivity index (χ4n) is 3.30. The Hall–Kier alpha value is -3.79. The molecule has 0 unspecified atom stereocenters. The highest BCUT2D eigenvalue weighted by Gasteiger charge is 2.21. The number of amides is 1. The Morgan fingerprint density at radius 1 is 1.06 bits per heavy atom. The van der Waals surface area contributed by atoms with Crippen molar-refractivity contribution in [3.8, 4) is 11.4 Å². The van der Waals surface area contributed by atoms with Crippen LogP contribution < -0.4 is 10.1 Å². The van der Waals surface area contributed by atoms with Crippen LogP contribution in [-0.4, -0.2) is 38.0 Å². The topological polar surface area (TPSA) is 94.8 Å². The van der Waals surface area contributed by atoms with Gasteiger partial charge in [0.2, 0.25) is 0 Å². The van der Waals surface area contributed by atoms with Crippen LogP contribution in [-0.2, 0) is 12.3 Å². The molecule has 0 aliphatic heterocycles. The predicted octanol–water partition coefficient (Wildman–Crippen LogP) is 4.04. The number of aryl methyl sites for hydroxylation is 2. The fraction of sp³-hybridized carbons (Fsp3) is 0.208. The van der Waals surface area contributed by atoms with Crippen molar-refractivity contribution in [1.29, 1.82) is 0 Å². The Labute approximate surface area is 200 Å². The van der Waals surface area contributed by atoms with E-state index in [-0.39, 0.29) is 24.0 Å². The zero-order chi connectivity index (χ0) is 24.1. The molecule has 174 valence electrons. The zero-order valence-corrected chi connectivity index (χ0v) is 19.8. The smallest absolute Gasteiger partial charge is 0.274 e. The van der Waals surface area contributed by atoms with Crippen LogP contribution in [0.4, 0.5) is 4.39 Å². The minimum absolute atomic E-state index is 0.204. The molecule has 4 rings (SSSR count). The van der Waals surface area contributed by atoms with Crippen LogP contribution in [0.2, 0.25) is 0 Å². The van der Waals surface area contributed by atoms with Gasteiger partial charge in [0.05, 0.1) is 18.5 Å². The van der Waals surface area contributed by atoms with E-state index in [0.29, 0.717) is 22.4 Å². The highest BCUT2D eigenvalue weighted by Crippen LogP contribution is 2.24. The third-order valence-corrected chi connectivity index (χ3v) is 5.82. The molecule has 1 amide bonds. The molecule has 2 aromatic heterocycles. The Balaban J connectivity index is 1.61. The Bertz CT molecular complexity index is 1270. The first-order valence-corrected chi connectivity index (χ1v) is 11.5. The minimum Gasteiger partial charge on any atom is -0.497 e. The lowest BCUT2D eigenvalue weighted by molar-refractivity contribution is 0.0945. The number of hydrogen-bond acceptors (Lipinski definition) is 7. The van der Waals surface area contributed by atoms with Crippen LogP contribution in [0, 0.1) is 19.7 Å². The summed E-state index contributed by atoms with van der Waals surface area (Å²) in [6, 6.07) is 15.2. The molecule has 0 bridgehead atoms. The second kappa shape index (κ2) is 10.4. The van der Waals surface area contributed by atoms with Gasteiger partial charge < -0.3 is 10.1 Å². The quantitative estimate of drug-likeness (QED) is 0.302. The summed E-state index contributed by atoms with van der Waals surface area (Å²) in [7, 11) is 1.60. The van der Waals surface area contributed by atoms with E-state index in [0.717, 1.165) is 22.6 Å². The van der Waals surface area contributed by atoms with Gasteiger partial charge >= 0.3 is 0 Å². The van der Waals surface area contributed by atoms with Crippen molar-refractivity contribution in [2.75, 3.05) is 7.11 Å². The van der Waals surface area contributed by atoms with E-state index in [1.165, 1.54) is 23.9 Å². The van der Waals surface area contributed by atoms with Crippen molar-refractivity contribution >= 4 is 17.7 Å². The summed E-state index contributed by atoms with van der Waals surface area (Å²) >= 11 is 1.40. The van der Waals surface area contributed by atoms with Crippen molar-refractivity contribution in [2.45, 2.75) is 31.3 Å². The Morgan fingerprint density at radius 2 is 1.74 bits per heavy atom. The summed E-state index contributed by atoms with van der Waals surface area (Å²) in [6.07, 6.45) is 0. The second-order valence-corrected chi connectivity index (χ2v) is 8.47. The molecule has 4 aromatic rings. The number of methoxy groups -OCH3 is 1. The molecule has 2 heterocycles. The van der Waals surface area contributed by atoms with Crippen molar-refractivity contribution in [3.05, 3.63) is 88.8 Å². The number of nitrogens with one attached hydrogen (secondary N) is 1. The number of thioether (sulfide) groups is 1. The molecule has 0 saturated carbocycles. The second-order valence-electron chi connectivity index (χ2n) is 7.53. The van der Waals surface area contributed by atoms with Gasteiger partial charge in [0.15, 0.2) is 10.9 Å². The van der Waals surface area contributed by atoms with E-state index < -0.39 is 0 Å². The number of hydrogen-bond donors (Lipinski definition) is 1. The molecule has 0 aliphatic carbocycles. The number of carbonyl (C=O) groups is 1. The summed E-state index contributed by atoms with van der Waals surface area (Å²) in [5, 5.41) is 11.8. The first-order chi connectivity index (χ1) is 16.4. The van der Waals surface area contributed by atoms with Gasteiger partial charge in [0.25, 0.3) is 5.91 Å². The number of nitrogens with zero attached hydrogens (tertiary/aromatic N) is 5. The molecule has 2 aromatic carbocycles. The molecule has 1 N–H and O–H groups in total. The van der Waals surface area contributed by atoms with E-state index in [1.54, 1.807) is 23.9 Å².